The van der Waals surface area contributed by atoms with Crippen LogP contribution in [-0.4, -0.2) is 36.0 Å². The quantitative estimate of drug-likeness (QED) is 0.505. The van der Waals surface area contributed by atoms with Gasteiger partial charge in [-0.25, -0.2) is 0 Å². The SMILES string of the molecule is CCCNCC(O)COc1ccc(C)cc1C(O)CCc1ccc(Cl)cc1. The summed E-state index contributed by atoms with van der Waals surface area (Å²) >= 11 is 5.92. The lowest BCUT2D eigenvalue weighted by atomic mass is 9.99. The highest BCUT2D eigenvalue weighted by Gasteiger charge is 2.15. The van der Waals surface area contributed by atoms with E-state index in [0.717, 1.165) is 36.1 Å². The summed E-state index contributed by atoms with van der Waals surface area (Å²) in [6, 6.07) is 13.4. The van der Waals surface area contributed by atoms with Gasteiger partial charge in [-0.2, -0.15) is 0 Å². The highest BCUT2D eigenvalue weighted by molar-refractivity contribution is 6.30. The molecule has 0 amide bonds. The minimum atomic E-state index is -0.633. The average Bonchev–Trinajstić information content (AvgIpc) is 2.66. The van der Waals surface area contributed by atoms with Crippen LogP contribution >= 0.6 is 11.6 Å². The second-order valence-corrected chi connectivity index (χ2v) is 7.33. The molecule has 0 aliphatic heterocycles. The maximum Gasteiger partial charge on any atom is 0.125 e. The van der Waals surface area contributed by atoms with Crippen molar-refractivity contribution >= 4 is 11.6 Å². The standard InChI is InChI=1S/C22H30ClNO3/c1-3-12-24-14-19(25)15-27-22-11-4-16(2)13-20(22)21(26)10-7-17-5-8-18(23)9-6-17/h4-6,8-9,11,13,19,21,24-26H,3,7,10,12,14-15H2,1-2H3. The largest absolute Gasteiger partial charge is 0.490 e. The van der Waals surface area contributed by atoms with Crippen LogP contribution in [0.2, 0.25) is 5.02 Å². The van der Waals surface area contributed by atoms with Gasteiger partial charge in [0.2, 0.25) is 0 Å². The first kappa shape index (κ1) is 21.7. The molecule has 2 rings (SSSR count). The lowest BCUT2D eigenvalue weighted by Crippen LogP contribution is -2.32. The van der Waals surface area contributed by atoms with E-state index in [-0.39, 0.29) is 6.61 Å². The summed E-state index contributed by atoms with van der Waals surface area (Å²) in [5, 5.41) is 24.6. The van der Waals surface area contributed by atoms with Crippen molar-refractivity contribution in [3.8, 4) is 5.75 Å². The van der Waals surface area contributed by atoms with E-state index < -0.39 is 12.2 Å². The molecule has 0 fully saturated rings. The molecule has 2 atom stereocenters. The van der Waals surface area contributed by atoms with Gasteiger partial charge in [0, 0.05) is 17.1 Å². The van der Waals surface area contributed by atoms with Gasteiger partial charge >= 0.3 is 0 Å². The molecule has 0 radical (unpaired) electrons. The Morgan fingerprint density at radius 1 is 1.11 bits per heavy atom. The first-order valence-corrected chi connectivity index (χ1v) is 9.92. The lowest BCUT2D eigenvalue weighted by molar-refractivity contribution is 0.102. The van der Waals surface area contributed by atoms with Gasteiger partial charge in [-0.05, 0) is 62.6 Å². The van der Waals surface area contributed by atoms with Crippen molar-refractivity contribution in [2.24, 2.45) is 0 Å². The maximum absolute atomic E-state index is 10.7. The zero-order chi connectivity index (χ0) is 19.6. The van der Waals surface area contributed by atoms with Crippen molar-refractivity contribution in [2.75, 3.05) is 19.7 Å². The van der Waals surface area contributed by atoms with Crippen molar-refractivity contribution in [1.82, 2.24) is 5.32 Å². The van der Waals surface area contributed by atoms with Crippen LogP contribution in [0.25, 0.3) is 0 Å². The van der Waals surface area contributed by atoms with Gasteiger partial charge in [-0.3, -0.25) is 0 Å². The Hall–Kier alpha value is -1.59. The summed E-state index contributed by atoms with van der Waals surface area (Å²) in [5.74, 6) is 0.624. The van der Waals surface area contributed by atoms with E-state index in [2.05, 4.69) is 12.2 Å². The van der Waals surface area contributed by atoms with Gasteiger partial charge in [-0.1, -0.05) is 42.3 Å². The van der Waals surface area contributed by atoms with Crippen LogP contribution in [-0.2, 0) is 6.42 Å². The second kappa shape index (κ2) is 11.3. The maximum atomic E-state index is 10.7. The summed E-state index contributed by atoms with van der Waals surface area (Å²) in [6.07, 6.45) is 1.13. The fraction of sp³-hybridized carbons (Fsp3) is 0.455. The summed E-state index contributed by atoms with van der Waals surface area (Å²) in [6.45, 7) is 5.63. The van der Waals surface area contributed by atoms with E-state index in [1.807, 2.05) is 49.4 Å². The number of nitrogens with one attached hydrogen (secondary N) is 1. The Morgan fingerprint density at radius 2 is 1.85 bits per heavy atom. The third-order valence-corrected chi connectivity index (χ3v) is 4.63. The average molecular weight is 392 g/mol. The van der Waals surface area contributed by atoms with Gasteiger partial charge in [0.25, 0.3) is 0 Å². The van der Waals surface area contributed by atoms with Crippen molar-refractivity contribution in [1.29, 1.82) is 0 Å². The normalized spacial score (nSPS) is 13.4. The molecular formula is C22H30ClNO3. The minimum absolute atomic E-state index is 0.191. The van der Waals surface area contributed by atoms with Crippen LogP contribution in [0.3, 0.4) is 0 Å². The van der Waals surface area contributed by atoms with Crippen molar-refractivity contribution in [3.63, 3.8) is 0 Å². The number of rotatable bonds is 11. The van der Waals surface area contributed by atoms with E-state index in [9.17, 15) is 10.2 Å². The fourth-order valence-corrected chi connectivity index (χ4v) is 2.99. The molecule has 0 aromatic heterocycles. The predicted molar refractivity (Wildman–Crippen MR) is 111 cm³/mol. The third-order valence-electron chi connectivity index (χ3n) is 4.38. The second-order valence-electron chi connectivity index (χ2n) is 6.89. The number of aryl methyl sites for hydroxylation is 2. The number of hydrogen-bond donors (Lipinski definition) is 3. The molecule has 5 heteroatoms. The molecule has 0 aliphatic carbocycles. The first-order valence-electron chi connectivity index (χ1n) is 9.54. The molecule has 2 unspecified atom stereocenters. The number of benzene rings is 2. The molecule has 0 saturated carbocycles. The third kappa shape index (κ3) is 7.51. The Balaban J connectivity index is 1.95. The highest BCUT2D eigenvalue weighted by atomic mass is 35.5. The van der Waals surface area contributed by atoms with Gasteiger partial charge in [-0.15, -0.1) is 0 Å². The molecule has 0 saturated heterocycles. The van der Waals surface area contributed by atoms with Gasteiger partial charge in [0.05, 0.1) is 6.10 Å². The number of halogens is 1. The topological polar surface area (TPSA) is 61.7 Å². The lowest BCUT2D eigenvalue weighted by Gasteiger charge is -2.19. The van der Waals surface area contributed by atoms with Crippen LogP contribution in [0.1, 0.15) is 42.6 Å². The summed E-state index contributed by atoms with van der Waals surface area (Å²) in [4.78, 5) is 0. The zero-order valence-corrected chi connectivity index (χ0v) is 16.9. The Labute approximate surface area is 167 Å². The molecule has 27 heavy (non-hydrogen) atoms. The van der Waals surface area contributed by atoms with E-state index in [0.29, 0.717) is 23.7 Å². The van der Waals surface area contributed by atoms with Crippen LogP contribution in [0, 0.1) is 6.92 Å². The minimum Gasteiger partial charge on any atom is -0.490 e. The van der Waals surface area contributed by atoms with Crippen LogP contribution < -0.4 is 10.1 Å². The summed E-state index contributed by atoms with van der Waals surface area (Å²) in [5.41, 5.74) is 2.96. The van der Waals surface area contributed by atoms with Gasteiger partial charge < -0.3 is 20.3 Å². The monoisotopic (exact) mass is 391 g/mol. The van der Waals surface area contributed by atoms with Gasteiger partial charge in [0.15, 0.2) is 0 Å². The number of aliphatic hydroxyl groups excluding tert-OH is 2. The van der Waals surface area contributed by atoms with Crippen molar-refractivity contribution in [2.45, 2.75) is 45.3 Å². The zero-order valence-electron chi connectivity index (χ0n) is 16.1. The molecule has 3 N–H and O–H groups in total. The number of hydrogen-bond acceptors (Lipinski definition) is 4. The van der Waals surface area contributed by atoms with Crippen LogP contribution in [0.15, 0.2) is 42.5 Å². The fourth-order valence-electron chi connectivity index (χ4n) is 2.86. The van der Waals surface area contributed by atoms with E-state index >= 15 is 0 Å². The molecule has 0 bridgehead atoms. The summed E-state index contributed by atoms with van der Waals surface area (Å²) in [7, 11) is 0. The predicted octanol–water partition coefficient (Wildman–Crippen LogP) is 4.05. The van der Waals surface area contributed by atoms with E-state index in [4.69, 9.17) is 16.3 Å². The van der Waals surface area contributed by atoms with E-state index in [1.54, 1.807) is 0 Å². The van der Waals surface area contributed by atoms with Crippen LogP contribution in [0.5, 0.6) is 5.75 Å². The van der Waals surface area contributed by atoms with E-state index in [1.165, 1.54) is 0 Å². The highest BCUT2D eigenvalue weighted by Crippen LogP contribution is 2.29. The molecule has 2 aromatic carbocycles. The van der Waals surface area contributed by atoms with Crippen molar-refractivity contribution in [3.05, 3.63) is 64.2 Å². The number of aliphatic hydroxyl groups is 2. The molecule has 2 aromatic rings. The molecule has 0 heterocycles. The first-order chi connectivity index (χ1) is 13.0. The van der Waals surface area contributed by atoms with Crippen molar-refractivity contribution < 1.29 is 14.9 Å². The molecule has 4 nitrogen and oxygen atoms in total. The molecule has 148 valence electrons. The molecule has 0 spiro atoms. The Kier molecular flexibility index (Phi) is 9.08. The summed E-state index contributed by atoms with van der Waals surface area (Å²) < 4.78 is 5.81. The Bertz CT molecular complexity index is 690. The number of ether oxygens (including phenoxy) is 1. The molecular weight excluding hydrogens is 362 g/mol. The Morgan fingerprint density at radius 3 is 2.56 bits per heavy atom. The van der Waals surface area contributed by atoms with Gasteiger partial charge in [0.1, 0.15) is 18.5 Å². The smallest absolute Gasteiger partial charge is 0.125 e. The van der Waals surface area contributed by atoms with Crippen LogP contribution in [0.4, 0.5) is 0 Å². The molecule has 0 aliphatic rings.